The van der Waals surface area contributed by atoms with E-state index >= 15 is 0 Å². The number of rotatable bonds is 3. The van der Waals surface area contributed by atoms with Crippen molar-refractivity contribution in [3.63, 3.8) is 0 Å². The average molecular weight is 224 g/mol. The fraction of sp³-hybridized carbons (Fsp3) is 0.923. The summed E-state index contributed by atoms with van der Waals surface area (Å²) < 4.78 is 0. The Kier molecular flexibility index (Phi) is 3.53. The summed E-state index contributed by atoms with van der Waals surface area (Å²) in [6.07, 6.45) is 7.23. The molecule has 2 unspecified atom stereocenters. The summed E-state index contributed by atoms with van der Waals surface area (Å²) in [7, 11) is 0. The Bertz CT molecular complexity index is 255. The molecule has 0 bridgehead atoms. The van der Waals surface area contributed by atoms with Crippen molar-refractivity contribution in [2.45, 2.75) is 64.0 Å². The zero-order chi connectivity index (χ0) is 11.6. The number of carbonyl (C=O) groups excluding carboxylic acids is 1. The molecule has 16 heavy (non-hydrogen) atoms. The highest BCUT2D eigenvalue weighted by Gasteiger charge is 2.36. The van der Waals surface area contributed by atoms with Crippen molar-refractivity contribution in [2.24, 2.45) is 5.92 Å². The lowest BCUT2D eigenvalue weighted by Crippen LogP contribution is -2.59. The number of amides is 1. The number of piperidine rings is 1. The van der Waals surface area contributed by atoms with Crippen molar-refractivity contribution in [3.8, 4) is 0 Å². The summed E-state index contributed by atoms with van der Waals surface area (Å²) >= 11 is 0. The van der Waals surface area contributed by atoms with Crippen LogP contribution >= 0.6 is 0 Å². The van der Waals surface area contributed by atoms with Crippen molar-refractivity contribution >= 4 is 5.91 Å². The van der Waals surface area contributed by atoms with Gasteiger partial charge in [0.05, 0.1) is 5.54 Å². The Morgan fingerprint density at radius 1 is 1.38 bits per heavy atom. The zero-order valence-corrected chi connectivity index (χ0v) is 10.5. The largest absolute Gasteiger partial charge is 0.352 e. The predicted octanol–water partition coefficient (Wildman–Crippen LogP) is 1.82. The lowest BCUT2D eigenvalue weighted by Gasteiger charge is -2.37. The van der Waals surface area contributed by atoms with E-state index in [9.17, 15) is 4.79 Å². The van der Waals surface area contributed by atoms with Crippen LogP contribution in [-0.4, -0.2) is 24.0 Å². The van der Waals surface area contributed by atoms with E-state index < -0.39 is 0 Å². The van der Waals surface area contributed by atoms with Gasteiger partial charge < -0.3 is 10.6 Å². The summed E-state index contributed by atoms with van der Waals surface area (Å²) in [4.78, 5) is 12.2. The Morgan fingerprint density at radius 2 is 2.12 bits per heavy atom. The third kappa shape index (κ3) is 2.40. The summed E-state index contributed by atoms with van der Waals surface area (Å²) in [5.74, 6) is 0.919. The molecule has 1 heterocycles. The maximum Gasteiger partial charge on any atom is 0.240 e. The lowest BCUT2D eigenvalue weighted by molar-refractivity contribution is -0.129. The summed E-state index contributed by atoms with van der Waals surface area (Å²) in [5, 5.41) is 6.55. The molecule has 1 saturated carbocycles. The van der Waals surface area contributed by atoms with Crippen LogP contribution in [0.5, 0.6) is 0 Å². The summed E-state index contributed by atoms with van der Waals surface area (Å²) in [6.45, 7) is 5.16. The standard InChI is InChI=1S/C13H24N2O/c1-10(11-6-5-7-11)15-12(16)13(2)8-3-4-9-14-13/h10-11,14H,3-9H2,1-2H3,(H,15,16). The number of hydrogen-bond acceptors (Lipinski definition) is 2. The number of carbonyl (C=O) groups is 1. The first-order valence-corrected chi connectivity index (χ1v) is 6.68. The monoisotopic (exact) mass is 224 g/mol. The van der Waals surface area contributed by atoms with Gasteiger partial charge in [-0.2, -0.15) is 0 Å². The quantitative estimate of drug-likeness (QED) is 0.768. The molecule has 2 fully saturated rings. The number of hydrogen-bond donors (Lipinski definition) is 2. The van der Waals surface area contributed by atoms with Crippen LogP contribution in [0, 0.1) is 5.92 Å². The average Bonchev–Trinajstić information content (AvgIpc) is 2.15. The zero-order valence-electron chi connectivity index (χ0n) is 10.5. The Morgan fingerprint density at radius 3 is 2.62 bits per heavy atom. The fourth-order valence-corrected chi connectivity index (χ4v) is 2.67. The molecule has 0 aromatic rings. The molecule has 92 valence electrons. The van der Waals surface area contributed by atoms with Gasteiger partial charge in [-0.3, -0.25) is 4.79 Å². The molecule has 2 aliphatic rings. The molecule has 2 rings (SSSR count). The van der Waals surface area contributed by atoms with Gasteiger partial charge in [0.2, 0.25) is 5.91 Å². The van der Waals surface area contributed by atoms with Crippen molar-refractivity contribution in [1.29, 1.82) is 0 Å². The van der Waals surface area contributed by atoms with Crippen LogP contribution in [0.4, 0.5) is 0 Å². The molecule has 0 aromatic heterocycles. The Labute approximate surface area is 98.4 Å². The molecular formula is C13H24N2O. The smallest absolute Gasteiger partial charge is 0.240 e. The van der Waals surface area contributed by atoms with Gasteiger partial charge in [-0.1, -0.05) is 6.42 Å². The van der Waals surface area contributed by atoms with Crippen LogP contribution < -0.4 is 10.6 Å². The molecule has 0 radical (unpaired) electrons. The van der Waals surface area contributed by atoms with Crippen LogP contribution in [0.2, 0.25) is 0 Å². The van der Waals surface area contributed by atoms with Gasteiger partial charge >= 0.3 is 0 Å². The topological polar surface area (TPSA) is 41.1 Å². The Balaban J connectivity index is 1.85. The van der Waals surface area contributed by atoms with Gasteiger partial charge in [-0.25, -0.2) is 0 Å². The maximum absolute atomic E-state index is 12.2. The minimum atomic E-state index is -0.323. The van der Waals surface area contributed by atoms with Gasteiger partial charge in [-0.15, -0.1) is 0 Å². The molecule has 2 atom stereocenters. The van der Waals surface area contributed by atoms with Crippen LogP contribution in [0.3, 0.4) is 0 Å². The molecule has 3 heteroatoms. The molecule has 1 amide bonds. The minimum absolute atomic E-state index is 0.201. The molecule has 3 nitrogen and oxygen atoms in total. The third-order valence-electron chi connectivity index (χ3n) is 4.34. The van der Waals surface area contributed by atoms with Crippen molar-refractivity contribution in [3.05, 3.63) is 0 Å². The SMILES string of the molecule is CC(NC(=O)C1(C)CCCCN1)C1CCC1. The van der Waals surface area contributed by atoms with Crippen LogP contribution in [0.25, 0.3) is 0 Å². The molecule has 1 saturated heterocycles. The van der Waals surface area contributed by atoms with Crippen LogP contribution in [0.15, 0.2) is 0 Å². The second kappa shape index (κ2) is 4.74. The summed E-state index contributed by atoms with van der Waals surface area (Å²) in [5.41, 5.74) is -0.323. The van der Waals surface area contributed by atoms with E-state index in [1.165, 1.54) is 25.7 Å². The van der Waals surface area contributed by atoms with Gasteiger partial charge in [0, 0.05) is 6.04 Å². The highest BCUT2D eigenvalue weighted by molar-refractivity contribution is 5.86. The van der Waals surface area contributed by atoms with E-state index in [0.29, 0.717) is 6.04 Å². The second-order valence-electron chi connectivity index (χ2n) is 5.67. The summed E-state index contributed by atoms with van der Waals surface area (Å²) in [6, 6.07) is 0.349. The van der Waals surface area contributed by atoms with Gasteiger partial charge in [0.15, 0.2) is 0 Å². The highest BCUT2D eigenvalue weighted by Crippen LogP contribution is 2.30. The molecule has 1 aliphatic heterocycles. The van der Waals surface area contributed by atoms with E-state index in [2.05, 4.69) is 17.6 Å². The normalized spacial score (nSPS) is 32.9. The molecule has 1 aliphatic carbocycles. The fourth-order valence-electron chi connectivity index (χ4n) is 2.67. The number of nitrogens with one attached hydrogen (secondary N) is 2. The first-order chi connectivity index (χ1) is 7.62. The van der Waals surface area contributed by atoms with Gasteiger partial charge in [-0.05, 0) is 58.4 Å². The minimum Gasteiger partial charge on any atom is -0.352 e. The van der Waals surface area contributed by atoms with E-state index in [4.69, 9.17) is 0 Å². The first kappa shape index (κ1) is 11.9. The first-order valence-electron chi connectivity index (χ1n) is 6.68. The lowest BCUT2D eigenvalue weighted by atomic mass is 9.80. The predicted molar refractivity (Wildman–Crippen MR) is 65.2 cm³/mol. The molecule has 0 spiro atoms. The molecule has 0 aromatic carbocycles. The van der Waals surface area contributed by atoms with Crippen molar-refractivity contribution < 1.29 is 4.79 Å². The van der Waals surface area contributed by atoms with Crippen molar-refractivity contribution in [2.75, 3.05) is 6.54 Å². The van der Waals surface area contributed by atoms with Crippen LogP contribution in [-0.2, 0) is 4.79 Å². The molecular weight excluding hydrogens is 200 g/mol. The van der Waals surface area contributed by atoms with E-state index in [1.54, 1.807) is 0 Å². The van der Waals surface area contributed by atoms with Gasteiger partial charge in [0.1, 0.15) is 0 Å². The van der Waals surface area contributed by atoms with E-state index in [1.807, 2.05) is 6.92 Å². The van der Waals surface area contributed by atoms with E-state index in [0.717, 1.165) is 25.3 Å². The third-order valence-corrected chi connectivity index (χ3v) is 4.34. The highest BCUT2D eigenvalue weighted by atomic mass is 16.2. The molecule has 2 N–H and O–H groups in total. The van der Waals surface area contributed by atoms with Gasteiger partial charge in [0.25, 0.3) is 0 Å². The van der Waals surface area contributed by atoms with E-state index in [-0.39, 0.29) is 11.4 Å². The maximum atomic E-state index is 12.2. The second-order valence-corrected chi connectivity index (χ2v) is 5.67. The van der Waals surface area contributed by atoms with Crippen LogP contribution in [0.1, 0.15) is 52.4 Å². The van der Waals surface area contributed by atoms with Crippen molar-refractivity contribution in [1.82, 2.24) is 10.6 Å². The Hall–Kier alpha value is -0.570.